The predicted octanol–water partition coefficient (Wildman–Crippen LogP) is 3.08. The quantitative estimate of drug-likeness (QED) is 0.749. The second-order valence-corrected chi connectivity index (χ2v) is 6.05. The number of aromatic nitrogens is 1. The molecule has 122 valence electrons. The van der Waals surface area contributed by atoms with Crippen molar-refractivity contribution in [2.45, 2.75) is 12.8 Å². The third kappa shape index (κ3) is 4.03. The molecule has 0 aliphatic rings. The van der Waals surface area contributed by atoms with Crippen molar-refractivity contribution in [3.05, 3.63) is 81.1 Å². The smallest absolute Gasteiger partial charge is 0.251 e. The number of fused-ring (bicyclic) bond motifs is 1. The molecule has 1 heterocycles. The number of amides is 1. The summed E-state index contributed by atoms with van der Waals surface area (Å²) in [6.07, 6.45) is 0.760. The third-order valence-corrected chi connectivity index (χ3v) is 4.04. The SMILES string of the molecule is O=C(Cc1cccc(Cl)c1)NCCc1cc2ccccc2[nH]c1=O. The molecular formula is C19H17ClN2O2. The van der Waals surface area contributed by atoms with Crippen molar-refractivity contribution in [2.24, 2.45) is 0 Å². The van der Waals surface area contributed by atoms with Gasteiger partial charge in [-0.2, -0.15) is 0 Å². The predicted molar refractivity (Wildman–Crippen MR) is 96.4 cm³/mol. The largest absolute Gasteiger partial charge is 0.355 e. The number of halogens is 1. The van der Waals surface area contributed by atoms with Gasteiger partial charge in [0, 0.05) is 22.6 Å². The topological polar surface area (TPSA) is 62.0 Å². The highest BCUT2D eigenvalue weighted by atomic mass is 35.5. The number of H-pyrrole nitrogens is 1. The van der Waals surface area contributed by atoms with E-state index in [9.17, 15) is 9.59 Å². The number of hydrogen-bond donors (Lipinski definition) is 2. The van der Waals surface area contributed by atoms with Crippen LogP contribution in [0.25, 0.3) is 10.9 Å². The van der Waals surface area contributed by atoms with Crippen molar-refractivity contribution in [2.75, 3.05) is 6.54 Å². The Kier molecular flexibility index (Phi) is 4.96. The Bertz CT molecular complexity index is 934. The Balaban J connectivity index is 1.59. The summed E-state index contributed by atoms with van der Waals surface area (Å²) in [6, 6.07) is 16.7. The van der Waals surface area contributed by atoms with E-state index in [2.05, 4.69) is 10.3 Å². The lowest BCUT2D eigenvalue weighted by Gasteiger charge is -2.06. The molecule has 1 aromatic heterocycles. The molecule has 0 saturated heterocycles. The van der Waals surface area contributed by atoms with Gasteiger partial charge in [0.2, 0.25) is 5.91 Å². The van der Waals surface area contributed by atoms with Crippen molar-refractivity contribution in [1.29, 1.82) is 0 Å². The van der Waals surface area contributed by atoms with Crippen molar-refractivity contribution >= 4 is 28.4 Å². The molecule has 5 heteroatoms. The van der Waals surface area contributed by atoms with Crippen LogP contribution in [0.4, 0.5) is 0 Å². The van der Waals surface area contributed by atoms with E-state index in [1.54, 1.807) is 12.1 Å². The highest BCUT2D eigenvalue weighted by molar-refractivity contribution is 6.30. The Morgan fingerprint density at radius 1 is 1.08 bits per heavy atom. The van der Waals surface area contributed by atoms with Crippen LogP contribution in [-0.4, -0.2) is 17.4 Å². The maximum atomic E-state index is 12.1. The molecule has 2 N–H and O–H groups in total. The van der Waals surface area contributed by atoms with Crippen LogP contribution in [0.5, 0.6) is 0 Å². The molecule has 3 rings (SSSR count). The van der Waals surface area contributed by atoms with Crippen LogP contribution in [0.1, 0.15) is 11.1 Å². The molecule has 0 saturated carbocycles. The van der Waals surface area contributed by atoms with E-state index in [0.29, 0.717) is 23.6 Å². The summed E-state index contributed by atoms with van der Waals surface area (Å²) in [5, 5.41) is 4.44. The molecule has 0 atom stereocenters. The molecule has 0 aliphatic heterocycles. The summed E-state index contributed by atoms with van der Waals surface area (Å²) in [4.78, 5) is 26.9. The van der Waals surface area contributed by atoms with E-state index in [0.717, 1.165) is 16.5 Å². The summed E-state index contributed by atoms with van der Waals surface area (Å²) < 4.78 is 0. The Hall–Kier alpha value is -2.59. The maximum Gasteiger partial charge on any atom is 0.251 e. The van der Waals surface area contributed by atoms with Gasteiger partial charge in [0.1, 0.15) is 0 Å². The van der Waals surface area contributed by atoms with Crippen LogP contribution in [0.3, 0.4) is 0 Å². The summed E-state index contributed by atoms with van der Waals surface area (Å²) in [7, 11) is 0. The molecule has 0 spiro atoms. The van der Waals surface area contributed by atoms with E-state index in [1.165, 1.54) is 0 Å². The minimum absolute atomic E-state index is 0.0884. The lowest BCUT2D eigenvalue weighted by Crippen LogP contribution is -2.28. The van der Waals surface area contributed by atoms with Gasteiger partial charge >= 0.3 is 0 Å². The first kappa shape index (κ1) is 16.3. The number of carbonyl (C=O) groups is 1. The lowest BCUT2D eigenvalue weighted by molar-refractivity contribution is -0.120. The van der Waals surface area contributed by atoms with Gasteiger partial charge in [-0.3, -0.25) is 9.59 Å². The van der Waals surface area contributed by atoms with Crippen LogP contribution >= 0.6 is 11.6 Å². The lowest BCUT2D eigenvalue weighted by atomic mass is 10.1. The zero-order valence-electron chi connectivity index (χ0n) is 13.0. The molecule has 2 aromatic carbocycles. The van der Waals surface area contributed by atoms with Crippen molar-refractivity contribution in [1.82, 2.24) is 10.3 Å². The fraction of sp³-hybridized carbons (Fsp3) is 0.158. The molecular weight excluding hydrogens is 324 g/mol. The fourth-order valence-electron chi connectivity index (χ4n) is 2.61. The molecule has 24 heavy (non-hydrogen) atoms. The van der Waals surface area contributed by atoms with Crippen LogP contribution in [-0.2, 0) is 17.6 Å². The number of nitrogens with one attached hydrogen (secondary N) is 2. The van der Waals surface area contributed by atoms with E-state index in [4.69, 9.17) is 11.6 Å². The monoisotopic (exact) mass is 340 g/mol. The third-order valence-electron chi connectivity index (χ3n) is 3.80. The highest BCUT2D eigenvalue weighted by Gasteiger charge is 2.06. The molecule has 0 unspecified atom stereocenters. The summed E-state index contributed by atoms with van der Waals surface area (Å²) >= 11 is 5.91. The number of carbonyl (C=O) groups excluding carboxylic acids is 1. The summed E-state index contributed by atoms with van der Waals surface area (Å²) in [5.41, 5.74) is 2.23. The molecule has 0 aliphatic carbocycles. The van der Waals surface area contributed by atoms with Crippen molar-refractivity contribution in [3.8, 4) is 0 Å². The second-order valence-electron chi connectivity index (χ2n) is 5.62. The molecule has 0 bridgehead atoms. The van der Waals surface area contributed by atoms with Crippen LogP contribution < -0.4 is 10.9 Å². The van der Waals surface area contributed by atoms with E-state index in [-0.39, 0.29) is 17.9 Å². The van der Waals surface area contributed by atoms with E-state index in [1.807, 2.05) is 42.5 Å². The highest BCUT2D eigenvalue weighted by Crippen LogP contribution is 2.11. The number of rotatable bonds is 5. The normalized spacial score (nSPS) is 10.7. The molecule has 4 nitrogen and oxygen atoms in total. The standard InChI is InChI=1S/C19H17ClN2O2/c20-16-6-3-4-13(10-16)11-18(23)21-9-8-15-12-14-5-1-2-7-17(14)22-19(15)24/h1-7,10,12H,8-9,11H2,(H,21,23)(H,22,24). The Labute approximate surface area is 144 Å². The van der Waals surface area contributed by atoms with Gasteiger partial charge in [-0.25, -0.2) is 0 Å². The number of pyridine rings is 1. The Morgan fingerprint density at radius 2 is 1.92 bits per heavy atom. The number of hydrogen-bond acceptors (Lipinski definition) is 2. The second kappa shape index (κ2) is 7.32. The van der Waals surface area contributed by atoms with Crippen LogP contribution in [0, 0.1) is 0 Å². The van der Waals surface area contributed by atoms with Gasteiger partial charge in [-0.1, -0.05) is 41.9 Å². The average molecular weight is 341 g/mol. The van der Waals surface area contributed by atoms with Crippen LogP contribution in [0.15, 0.2) is 59.4 Å². The van der Waals surface area contributed by atoms with Gasteiger partial charge in [0.05, 0.1) is 6.42 Å². The zero-order chi connectivity index (χ0) is 16.9. The minimum Gasteiger partial charge on any atom is -0.355 e. The van der Waals surface area contributed by atoms with Crippen molar-refractivity contribution < 1.29 is 4.79 Å². The van der Waals surface area contributed by atoms with E-state index >= 15 is 0 Å². The number of benzene rings is 2. The maximum absolute atomic E-state index is 12.1. The average Bonchev–Trinajstić information content (AvgIpc) is 2.55. The first-order valence-electron chi connectivity index (χ1n) is 7.74. The van der Waals surface area contributed by atoms with Gasteiger partial charge in [0.25, 0.3) is 5.56 Å². The summed E-state index contributed by atoms with van der Waals surface area (Å²) in [6.45, 7) is 0.417. The molecule has 0 fully saturated rings. The van der Waals surface area contributed by atoms with Crippen LogP contribution in [0.2, 0.25) is 5.02 Å². The fourth-order valence-corrected chi connectivity index (χ4v) is 2.82. The molecule has 1 amide bonds. The Morgan fingerprint density at radius 3 is 2.75 bits per heavy atom. The van der Waals surface area contributed by atoms with Gasteiger partial charge in [0.15, 0.2) is 0 Å². The van der Waals surface area contributed by atoms with Gasteiger partial charge in [-0.15, -0.1) is 0 Å². The van der Waals surface area contributed by atoms with E-state index < -0.39 is 0 Å². The molecule has 0 radical (unpaired) electrons. The van der Waals surface area contributed by atoms with Gasteiger partial charge < -0.3 is 10.3 Å². The first-order chi connectivity index (χ1) is 11.6. The van der Waals surface area contributed by atoms with Gasteiger partial charge in [-0.05, 0) is 41.6 Å². The number of aromatic amines is 1. The zero-order valence-corrected chi connectivity index (χ0v) is 13.8. The minimum atomic E-state index is -0.113. The number of para-hydroxylation sites is 1. The van der Waals surface area contributed by atoms with Crippen molar-refractivity contribution in [3.63, 3.8) is 0 Å². The summed E-state index contributed by atoms with van der Waals surface area (Å²) in [5.74, 6) is -0.0884. The molecule has 3 aromatic rings. The first-order valence-corrected chi connectivity index (χ1v) is 8.12.